The third-order valence-corrected chi connectivity index (χ3v) is 1.77. The molecular weight excluding hydrogens is 213 g/mol. The van der Waals surface area contributed by atoms with Gasteiger partial charge in [0.2, 0.25) is 5.91 Å². The van der Waals surface area contributed by atoms with Gasteiger partial charge in [0.25, 0.3) is 0 Å². The van der Waals surface area contributed by atoms with Gasteiger partial charge in [-0.25, -0.2) is 0 Å². The molecule has 2 N–H and O–H groups in total. The van der Waals surface area contributed by atoms with Crippen LogP contribution in [0.3, 0.4) is 0 Å². The number of ether oxygens (including phenoxy) is 1. The van der Waals surface area contributed by atoms with Crippen molar-refractivity contribution in [2.45, 2.75) is 0 Å². The van der Waals surface area contributed by atoms with Crippen LogP contribution in [0.5, 0.6) is 5.75 Å². The summed E-state index contributed by atoms with van der Waals surface area (Å²) < 4.78 is 4.89. The van der Waals surface area contributed by atoms with E-state index in [4.69, 9.17) is 22.1 Å². The molecule has 0 heterocycles. The van der Waals surface area contributed by atoms with E-state index in [0.717, 1.165) is 0 Å². The van der Waals surface area contributed by atoms with Crippen molar-refractivity contribution >= 4 is 29.9 Å². The van der Waals surface area contributed by atoms with Gasteiger partial charge in [-0.05, 0) is 18.2 Å². The van der Waals surface area contributed by atoms with Crippen LogP contribution < -0.4 is 10.5 Å². The topological polar surface area (TPSA) is 52.3 Å². The Morgan fingerprint density at radius 1 is 1.54 bits per heavy atom. The molecule has 0 bridgehead atoms. The Morgan fingerprint density at radius 2 is 2.15 bits per heavy atom. The summed E-state index contributed by atoms with van der Waals surface area (Å²) in [5.74, 6) is 0.00657. The van der Waals surface area contributed by atoms with Gasteiger partial charge in [-0.2, -0.15) is 0 Å². The summed E-state index contributed by atoms with van der Waals surface area (Å²) in [7, 11) is 1.51. The molecule has 13 heavy (non-hydrogen) atoms. The standard InChI is InChI=1S/C8H8ClNO2.ClH/c1-12-5-2-3-7(9)6(4-5)8(10)11;/h2-4H,1H3,(H2,10,11);1H. The number of methoxy groups -OCH3 is 1. The van der Waals surface area contributed by atoms with Gasteiger partial charge in [0.05, 0.1) is 17.7 Å². The molecular formula is C8H9Cl2NO2. The molecule has 5 heteroatoms. The van der Waals surface area contributed by atoms with Crippen molar-refractivity contribution in [2.24, 2.45) is 5.73 Å². The molecule has 1 aromatic rings. The highest BCUT2D eigenvalue weighted by atomic mass is 35.5. The number of nitrogens with two attached hydrogens (primary N) is 1. The fourth-order valence-electron chi connectivity index (χ4n) is 0.820. The SMILES string of the molecule is COc1ccc(Cl)c(C(N)=O)c1.Cl. The normalized spacial score (nSPS) is 8.77. The molecule has 0 aliphatic rings. The van der Waals surface area contributed by atoms with E-state index >= 15 is 0 Å². The molecule has 0 saturated carbocycles. The molecule has 1 amide bonds. The minimum absolute atomic E-state index is 0. The highest BCUT2D eigenvalue weighted by Gasteiger charge is 2.06. The van der Waals surface area contributed by atoms with Crippen LogP contribution in [0.25, 0.3) is 0 Å². The van der Waals surface area contributed by atoms with Crippen molar-refractivity contribution in [3.63, 3.8) is 0 Å². The van der Waals surface area contributed by atoms with Crippen molar-refractivity contribution in [3.05, 3.63) is 28.8 Å². The number of hydrogen-bond donors (Lipinski definition) is 1. The van der Waals surface area contributed by atoms with Crippen LogP contribution in [0.1, 0.15) is 10.4 Å². The van der Waals surface area contributed by atoms with E-state index in [1.165, 1.54) is 13.2 Å². The van der Waals surface area contributed by atoms with Crippen molar-refractivity contribution in [1.82, 2.24) is 0 Å². The van der Waals surface area contributed by atoms with Gasteiger partial charge in [-0.3, -0.25) is 4.79 Å². The summed E-state index contributed by atoms with van der Waals surface area (Å²) in [4.78, 5) is 10.8. The number of amides is 1. The van der Waals surface area contributed by atoms with E-state index in [-0.39, 0.29) is 18.0 Å². The number of hydrogen-bond acceptors (Lipinski definition) is 2. The first-order valence-electron chi connectivity index (χ1n) is 3.28. The maximum absolute atomic E-state index is 10.8. The van der Waals surface area contributed by atoms with Crippen LogP contribution in [-0.2, 0) is 0 Å². The molecule has 0 aliphatic carbocycles. The average Bonchev–Trinajstić information content (AvgIpc) is 2.05. The zero-order valence-electron chi connectivity index (χ0n) is 6.91. The second kappa shape index (κ2) is 4.94. The Hall–Kier alpha value is -0.930. The monoisotopic (exact) mass is 221 g/mol. The van der Waals surface area contributed by atoms with E-state index in [9.17, 15) is 4.79 Å². The van der Waals surface area contributed by atoms with Crippen LogP contribution in [0.2, 0.25) is 5.02 Å². The predicted molar refractivity (Wildman–Crippen MR) is 53.8 cm³/mol. The quantitative estimate of drug-likeness (QED) is 0.830. The van der Waals surface area contributed by atoms with E-state index in [0.29, 0.717) is 10.8 Å². The minimum atomic E-state index is -0.557. The third-order valence-electron chi connectivity index (χ3n) is 1.44. The fraction of sp³-hybridized carbons (Fsp3) is 0.125. The number of carbonyl (C=O) groups is 1. The van der Waals surface area contributed by atoms with Crippen molar-refractivity contribution in [2.75, 3.05) is 7.11 Å². The molecule has 0 fully saturated rings. The second-order valence-electron chi connectivity index (χ2n) is 2.21. The van der Waals surface area contributed by atoms with E-state index in [1.54, 1.807) is 12.1 Å². The summed E-state index contributed by atoms with van der Waals surface area (Å²) in [6.07, 6.45) is 0. The Morgan fingerprint density at radius 3 is 2.62 bits per heavy atom. The van der Waals surface area contributed by atoms with Gasteiger partial charge in [-0.15, -0.1) is 12.4 Å². The fourth-order valence-corrected chi connectivity index (χ4v) is 1.03. The predicted octanol–water partition coefficient (Wildman–Crippen LogP) is 1.87. The van der Waals surface area contributed by atoms with Crippen molar-refractivity contribution in [1.29, 1.82) is 0 Å². The van der Waals surface area contributed by atoms with E-state index in [1.807, 2.05) is 0 Å². The Kier molecular flexibility index (Phi) is 4.59. The number of carbonyl (C=O) groups excluding carboxylic acids is 1. The van der Waals surface area contributed by atoms with Gasteiger partial charge >= 0.3 is 0 Å². The smallest absolute Gasteiger partial charge is 0.250 e. The molecule has 0 spiro atoms. The first-order valence-corrected chi connectivity index (χ1v) is 3.66. The van der Waals surface area contributed by atoms with Crippen LogP contribution in [-0.4, -0.2) is 13.0 Å². The van der Waals surface area contributed by atoms with Gasteiger partial charge in [0.15, 0.2) is 0 Å². The Balaban J connectivity index is 0.00000144. The van der Waals surface area contributed by atoms with Crippen LogP contribution in [0.4, 0.5) is 0 Å². The van der Waals surface area contributed by atoms with Gasteiger partial charge in [0.1, 0.15) is 5.75 Å². The van der Waals surface area contributed by atoms with Crippen LogP contribution in [0, 0.1) is 0 Å². The molecule has 0 aliphatic heterocycles. The molecule has 0 aromatic heterocycles. The van der Waals surface area contributed by atoms with Gasteiger partial charge in [-0.1, -0.05) is 11.6 Å². The maximum Gasteiger partial charge on any atom is 0.250 e. The minimum Gasteiger partial charge on any atom is -0.497 e. The zero-order valence-corrected chi connectivity index (χ0v) is 8.48. The summed E-state index contributed by atoms with van der Waals surface area (Å²) in [6.45, 7) is 0. The maximum atomic E-state index is 10.8. The molecule has 0 unspecified atom stereocenters. The largest absolute Gasteiger partial charge is 0.497 e. The number of halogens is 2. The lowest BCUT2D eigenvalue weighted by Crippen LogP contribution is -2.11. The molecule has 0 radical (unpaired) electrons. The Bertz CT molecular complexity index is 315. The molecule has 72 valence electrons. The first-order chi connectivity index (χ1) is 5.65. The number of benzene rings is 1. The lowest BCUT2D eigenvalue weighted by atomic mass is 10.2. The highest BCUT2D eigenvalue weighted by molar-refractivity contribution is 6.33. The molecule has 0 atom stereocenters. The highest BCUT2D eigenvalue weighted by Crippen LogP contribution is 2.20. The molecule has 0 saturated heterocycles. The van der Waals surface area contributed by atoms with Crippen LogP contribution in [0.15, 0.2) is 18.2 Å². The Labute approximate surface area is 87.2 Å². The molecule has 3 nitrogen and oxygen atoms in total. The third kappa shape index (κ3) is 2.79. The summed E-state index contributed by atoms with van der Waals surface area (Å²) in [6, 6.07) is 4.74. The second-order valence-corrected chi connectivity index (χ2v) is 2.62. The lowest BCUT2D eigenvalue weighted by molar-refractivity contribution is 0.1000. The average molecular weight is 222 g/mol. The number of rotatable bonds is 2. The van der Waals surface area contributed by atoms with E-state index < -0.39 is 5.91 Å². The van der Waals surface area contributed by atoms with Crippen molar-refractivity contribution < 1.29 is 9.53 Å². The summed E-state index contributed by atoms with van der Waals surface area (Å²) >= 11 is 5.69. The van der Waals surface area contributed by atoms with Crippen molar-refractivity contribution in [3.8, 4) is 5.75 Å². The number of primary amides is 1. The summed E-state index contributed by atoms with van der Waals surface area (Å²) in [5, 5.41) is 0.336. The van der Waals surface area contributed by atoms with Gasteiger partial charge < -0.3 is 10.5 Å². The van der Waals surface area contributed by atoms with Crippen LogP contribution >= 0.6 is 24.0 Å². The van der Waals surface area contributed by atoms with E-state index in [2.05, 4.69) is 0 Å². The van der Waals surface area contributed by atoms with Gasteiger partial charge in [0, 0.05) is 0 Å². The first kappa shape index (κ1) is 12.1. The molecule has 1 aromatic carbocycles. The lowest BCUT2D eigenvalue weighted by Gasteiger charge is -2.02. The zero-order chi connectivity index (χ0) is 9.14. The molecule has 1 rings (SSSR count). The summed E-state index contributed by atoms with van der Waals surface area (Å²) in [5.41, 5.74) is 5.33.